The fraction of sp³-hybridized carbons (Fsp3) is 0.111. The van der Waals surface area contributed by atoms with E-state index in [9.17, 15) is 35.5 Å². The Morgan fingerprint density at radius 3 is 1.91 bits per heavy atom. The fourth-order valence-electron chi connectivity index (χ4n) is 6.05. The number of rotatable bonds is 14. The minimum atomic E-state index is -4.26. The highest BCUT2D eigenvalue weighted by Gasteiger charge is 2.30. The standard InChI is InChI=1S/C36H29F2N11O7S2/c37-23-2-6-25(7-3-23)48-20-29(15-39-48)57(52,53)43-33-11-1-22(13-31(33)35-41-45-46-42-35)17-47-18-28(19-47)56-27-10-12-34(32(14-27)36(50)51)44-58(54,55)30-16-40-49(21-30)26-8-4-24(38)5-9-26/h1-16,20-21,28,43-44H,17-19H2,(H,50,51)(H,41,42,45,46). The highest BCUT2D eigenvalue weighted by Crippen LogP contribution is 2.31. The lowest BCUT2D eigenvalue weighted by Gasteiger charge is -2.39. The Morgan fingerprint density at radius 2 is 1.36 bits per heavy atom. The second-order valence-electron chi connectivity index (χ2n) is 13.0. The molecule has 1 saturated heterocycles. The average Bonchev–Trinajstić information content (AvgIpc) is 3.99. The molecule has 0 saturated carbocycles. The number of halogens is 2. The Kier molecular flexibility index (Phi) is 9.88. The van der Waals surface area contributed by atoms with E-state index in [1.165, 1.54) is 94.7 Å². The van der Waals surface area contributed by atoms with Crippen LogP contribution < -0.4 is 14.2 Å². The van der Waals surface area contributed by atoms with Gasteiger partial charge in [0.15, 0.2) is 0 Å². The smallest absolute Gasteiger partial charge is 0.337 e. The van der Waals surface area contributed by atoms with E-state index in [0.29, 0.717) is 36.6 Å². The molecule has 0 spiro atoms. The summed E-state index contributed by atoms with van der Waals surface area (Å²) < 4.78 is 93.2. The van der Waals surface area contributed by atoms with Crippen molar-refractivity contribution in [3.8, 4) is 28.5 Å². The van der Waals surface area contributed by atoms with Crippen LogP contribution in [-0.2, 0) is 26.6 Å². The van der Waals surface area contributed by atoms with Crippen LogP contribution in [0.5, 0.6) is 5.75 Å². The first-order valence-corrected chi connectivity index (χ1v) is 20.1. The number of hydrogen-bond acceptors (Lipinski definition) is 12. The maximum atomic E-state index is 13.4. The van der Waals surface area contributed by atoms with Gasteiger partial charge in [0.1, 0.15) is 33.3 Å². The third-order valence-electron chi connectivity index (χ3n) is 8.93. The number of nitrogens with zero attached hydrogens (tertiary/aromatic N) is 8. The number of sulfonamides is 2. The quantitative estimate of drug-likeness (QED) is 0.121. The fourth-order valence-corrected chi connectivity index (χ4v) is 8.07. The number of aromatic nitrogens is 8. The summed E-state index contributed by atoms with van der Waals surface area (Å²) in [7, 11) is -8.40. The average molecular weight is 830 g/mol. The molecule has 22 heteroatoms. The number of benzene rings is 4. The molecule has 0 radical (unpaired) electrons. The number of anilines is 2. The molecule has 18 nitrogen and oxygen atoms in total. The third kappa shape index (κ3) is 8.09. The molecule has 0 amide bonds. The molecule has 8 rings (SSSR count). The SMILES string of the molecule is O=C(O)c1cc(OC2CN(Cc3ccc(NS(=O)(=O)c4cnn(-c5ccc(F)cc5)c4)c(-c4nn[nH]n4)c3)C2)ccc1NS(=O)(=O)c1cnn(-c2ccc(F)cc2)c1. The number of carbonyl (C=O) groups is 1. The lowest BCUT2D eigenvalue weighted by Crippen LogP contribution is -2.53. The van der Waals surface area contributed by atoms with Gasteiger partial charge in [0, 0.05) is 25.2 Å². The van der Waals surface area contributed by atoms with Crippen molar-refractivity contribution in [1.82, 2.24) is 45.1 Å². The molecule has 4 N–H and O–H groups in total. The van der Waals surface area contributed by atoms with Gasteiger partial charge in [-0.1, -0.05) is 6.07 Å². The van der Waals surface area contributed by atoms with Gasteiger partial charge < -0.3 is 9.84 Å². The first kappa shape index (κ1) is 37.9. The summed E-state index contributed by atoms with van der Waals surface area (Å²) in [6.07, 6.45) is 4.46. The predicted octanol–water partition coefficient (Wildman–Crippen LogP) is 4.08. The second kappa shape index (κ2) is 15.1. The van der Waals surface area contributed by atoms with Crippen molar-refractivity contribution in [3.63, 3.8) is 0 Å². The zero-order valence-corrected chi connectivity index (χ0v) is 31.3. The van der Waals surface area contributed by atoms with E-state index >= 15 is 0 Å². The lowest BCUT2D eigenvalue weighted by molar-refractivity contribution is 0.0145. The highest BCUT2D eigenvalue weighted by molar-refractivity contribution is 7.93. The van der Waals surface area contributed by atoms with Crippen LogP contribution in [0.2, 0.25) is 0 Å². The van der Waals surface area contributed by atoms with Crippen LogP contribution in [0.15, 0.2) is 120 Å². The number of likely N-dealkylation sites (tertiary alicyclic amines) is 1. The molecule has 0 aliphatic carbocycles. The number of aromatic carboxylic acids is 1. The normalized spacial score (nSPS) is 13.6. The molecule has 296 valence electrons. The summed E-state index contributed by atoms with van der Waals surface area (Å²) in [6.45, 7) is 1.35. The van der Waals surface area contributed by atoms with Gasteiger partial charge in [-0.05, 0) is 89.6 Å². The van der Waals surface area contributed by atoms with Crippen molar-refractivity contribution in [1.29, 1.82) is 0 Å². The molecular weight excluding hydrogens is 801 g/mol. The first-order chi connectivity index (χ1) is 27.8. The van der Waals surface area contributed by atoms with Gasteiger partial charge in [-0.25, -0.2) is 39.8 Å². The number of tetrazole rings is 1. The topological polar surface area (TPSA) is 232 Å². The second-order valence-corrected chi connectivity index (χ2v) is 16.3. The lowest BCUT2D eigenvalue weighted by atomic mass is 10.1. The molecule has 1 fully saturated rings. The van der Waals surface area contributed by atoms with E-state index in [4.69, 9.17) is 4.74 Å². The number of aromatic amines is 1. The monoisotopic (exact) mass is 829 g/mol. The zero-order chi connectivity index (χ0) is 40.6. The van der Waals surface area contributed by atoms with Gasteiger partial charge in [-0.15, -0.1) is 10.2 Å². The van der Waals surface area contributed by atoms with E-state index in [1.54, 1.807) is 18.2 Å². The van der Waals surface area contributed by atoms with Crippen molar-refractivity contribution in [2.75, 3.05) is 22.5 Å². The van der Waals surface area contributed by atoms with Crippen LogP contribution in [0, 0.1) is 11.6 Å². The third-order valence-corrected chi connectivity index (χ3v) is 11.6. The van der Waals surface area contributed by atoms with Crippen molar-refractivity contribution in [2.45, 2.75) is 22.4 Å². The van der Waals surface area contributed by atoms with E-state index < -0.39 is 37.7 Å². The van der Waals surface area contributed by atoms with E-state index in [1.807, 2.05) is 4.90 Å². The van der Waals surface area contributed by atoms with Crippen molar-refractivity contribution < 1.29 is 40.3 Å². The van der Waals surface area contributed by atoms with E-state index in [2.05, 4.69) is 40.3 Å². The van der Waals surface area contributed by atoms with Crippen LogP contribution in [0.1, 0.15) is 15.9 Å². The van der Waals surface area contributed by atoms with Gasteiger partial charge in [-0.2, -0.15) is 15.4 Å². The first-order valence-electron chi connectivity index (χ1n) is 17.1. The molecule has 58 heavy (non-hydrogen) atoms. The summed E-state index contributed by atoms with van der Waals surface area (Å²) in [5.41, 5.74) is 1.69. The van der Waals surface area contributed by atoms with Crippen LogP contribution in [0.4, 0.5) is 20.2 Å². The number of carboxylic acid groups (broad SMARTS) is 1. The van der Waals surface area contributed by atoms with Gasteiger partial charge in [-0.3, -0.25) is 14.3 Å². The van der Waals surface area contributed by atoms with Crippen LogP contribution in [0.3, 0.4) is 0 Å². The predicted molar refractivity (Wildman–Crippen MR) is 201 cm³/mol. The molecule has 0 bridgehead atoms. The molecule has 0 atom stereocenters. The van der Waals surface area contributed by atoms with Crippen LogP contribution in [0.25, 0.3) is 22.8 Å². The van der Waals surface area contributed by atoms with Gasteiger partial charge in [0.05, 0.1) is 53.1 Å². The highest BCUT2D eigenvalue weighted by atomic mass is 32.2. The number of H-pyrrole nitrogens is 1. The number of ether oxygens (including phenoxy) is 1. The Hall–Kier alpha value is -7.04. The minimum absolute atomic E-state index is 0.134. The molecule has 3 aromatic heterocycles. The Bertz CT molecular complexity index is 2850. The molecular formula is C36H29F2N11O7S2. The van der Waals surface area contributed by atoms with Crippen LogP contribution >= 0.6 is 0 Å². The minimum Gasteiger partial charge on any atom is -0.488 e. The number of nitrogens with one attached hydrogen (secondary N) is 3. The summed E-state index contributed by atoms with van der Waals surface area (Å²) in [5, 5.41) is 32.1. The molecule has 4 aromatic carbocycles. The number of carboxylic acids is 1. The zero-order valence-electron chi connectivity index (χ0n) is 29.6. The molecule has 1 aliphatic heterocycles. The van der Waals surface area contributed by atoms with Gasteiger partial charge >= 0.3 is 5.97 Å². The Morgan fingerprint density at radius 1 is 0.793 bits per heavy atom. The van der Waals surface area contributed by atoms with Crippen molar-refractivity contribution in [2.24, 2.45) is 0 Å². The molecule has 7 aromatic rings. The van der Waals surface area contributed by atoms with Gasteiger partial charge in [0.2, 0.25) is 5.82 Å². The summed E-state index contributed by atoms with van der Waals surface area (Å²) in [4.78, 5) is 13.8. The van der Waals surface area contributed by atoms with Crippen molar-refractivity contribution in [3.05, 3.63) is 132 Å². The molecule has 0 unspecified atom stereocenters. The van der Waals surface area contributed by atoms with Crippen LogP contribution in [-0.4, -0.2) is 92.2 Å². The number of hydrogen-bond donors (Lipinski definition) is 4. The Labute approximate surface area is 327 Å². The summed E-state index contributed by atoms with van der Waals surface area (Å²) >= 11 is 0. The maximum Gasteiger partial charge on any atom is 0.337 e. The maximum absolute atomic E-state index is 13.4. The Balaban J connectivity index is 0.908. The molecule has 4 heterocycles. The summed E-state index contributed by atoms with van der Waals surface area (Å²) in [5.74, 6) is -1.93. The molecule has 1 aliphatic rings. The van der Waals surface area contributed by atoms with Gasteiger partial charge in [0.25, 0.3) is 20.0 Å². The summed E-state index contributed by atoms with van der Waals surface area (Å²) in [6, 6.07) is 19.7. The van der Waals surface area contributed by atoms with Crippen molar-refractivity contribution >= 4 is 37.4 Å². The largest absolute Gasteiger partial charge is 0.488 e. The van der Waals surface area contributed by atoms with E-state index in [0.717, 1.165) is 11.8 Å². The van der Waals surface area contributed by atoms with E-state index in [-0.39, 0.29) is 44.4 Å².